The molecule has 2 heterocycles. The number of hydrogen-bond donors (Lipinski definition) is 2. The second kappa shape index (κ2) is 7.89. The van der Waals surface area contributed by atoms with Gasteiger partial charge in [0.05, 0.1) is 11.7 Å². The number of alkyl halides is 2. The summed E-state index contributed by atoms with van der Waals surface area (Å²) in [5.41, 5.74) is 1.48. The number of urea groups is 1. The number of nitrogens with one attached hydrogen (secondary N) is 2. The van der Waals surface area contributed by atoms with Crippen molar-refractivity contribution in [3.05, 3.63) is 65.5 Å². The zero-order chi connectivity index (χ0) is 21.3. The molecule has 0 unspecified atom stereocenters. The van der Waals surface area contributed by atoms with Crippen molar-refractivity contribution < 1.29 is 18.3 Å². The van der Waals surface area contributed by atoms with Crippen LogP contribution in [0.3, 0.4) is 0 Å². The first-order valence-electron chi connectivity index (χ1n) is 9.77. The lowest BCUT2D eigenvalue weighted by molar-refractivity contribution is -0.0105. The van der Waals surface area contributed by atoms with E-state index >= 15 is 0 Å². The van der Waals surface area contributed by atoms with E-state index in [2.05, 4.69) is 15.6 Å². The van der Waals surface area contributed by atoms with Crippen molar-refractivity contribution in [1.82, 2.24) is 10.3 Å². The predicted octanol–water partition coefficient (Wildman–Crippen LogP) is 5.17. The number of carbonyl (C=O) groups excluding carboxylic acids is 1. The van der Waals surface area contributed by atoms with Gasteiger partial charge in [-0.1, -0.05) is 24.3 Å². The average Bonchev–Trinajstić information content (AvgIpc) is 2.73. The van der Waals surface area contributed by atoms with Crippen molar-refractivity contribution in [2.24, 2.45) is 0 Å². The molecule has 2 aromatic carbocycles. The van der Waals surface area contributed by atoms with Crippen molar-refractivity contribution in [3.63, 3.8) is 0 Å². The molecular formula is C23H23F2N3O2. The monoisotopic (exact) mass is 411 g/mol. The van der Waals surface area contributed by atoms with Crippen LogP contribution in [-0.4, -0.2) is 30.0 Å². The van der Waals surface area contributed by atoms with Gasteiger partial charge in [-0.2, -0.15) is 0 Å². The minimum Gasteiger partial charge on any atom is -0.481 e. The molecule has 1 atom stereocenters. The number of amides is 2. The van der Waals surface area contributed by atoms with E-state index in [0.717, 1.165) is 22.0 Å². The Morgan fingerprint density at radius 2 is 2.00 bits per heavy atom. The Hall–Kier alpha value is -3.22. The van der Waals surface area contributed by atoms with Gasteiger partial charge in [0.2, 0.25) is 0 Å². The number of halogens is 2. The van der Waals surface area contributed by atoms with Crippen LogP contribution in [0, 0.1) is 13.8 Å². The van der Waals surface area contributed by atoms with Crippen LogP contribution >= 0.6 is 0 Å². The number of fused-ring (bicyclic) bond motifs is 2. The van der Waals surface area contributed by atoms with Crippen molar-refractivity contribution in [1.29, 1.82) is 0 Å². The van der Waals surface area contributed by atoms with Gasteiger partial charge in [-0.05, 0) is 37.6 Å². The predicted molar refractivity (Wildman–Crippen MR) is 112 cm³/mol. The summed E-state index contributed by atoms with van der Waals surface area (Å²) < 4.78 is 33.1. The number of benzene rings is 2. The van der Waals surface area contributed by atoms with Crippen LogP contribution in [0.15, 0.2) is 48.7 Å². The third-order valence-corrected chi connectivity index (χ3v) is 5.39. The van der Waals surface area contributed by atoms with E-state index in [1.165, 1.54) is 0 Å². The summed E-state index contributed by atoms with van der Waals surface area (Å²) >= 11 is 0. The Morgan fingerprint density at radius 3 is 2.77 bits per heavy atom. The number of anilines is 1. The quantitative estimate of drug-likeness (QED) is 0.622. The molecule has 7 heteroatoms. The van der Waals surface area contributed by atoms with Crippen LogP contribution < -0.4 is 15.4 Å². The number of aryl methyl sites for hydroxylation is 2. The van der Waals surface area contributed by atoms with Crippen LogP contribution in [0.25, 0.3) is 10.8 Å². The number of carbonyl (C=O) groups is 1. The number of hydrogen-bond acceptors (Lipinski definition) is 3. The van der Waals surface area contributed by atoms with E-state index in [4.69, 9.17) is 4.74 Å². The molecule has 0 saturated heterocycles. The lowest BCUT2D eigenvalue weighted by Crippen LogP contribution is -2.49. The van der Waals surface area contributed by atoms with Gasteiger partial charge in [-0.25, -0.2) is 13.6 Å². The number of ether oxygens (including phenoxy) is 1. The molecule has 0 radical (unpaired) electrons. The third-order valence-electron chi connectivity index (χ3n) is 5.39. The van der Waals surface area contributed by atoms with Gasteiger partial charge in [0.15, 0.2) is 5.60 Å². The summed E-state index contributed by atoms with van der Waals surface area (Å²) in [5, 5.41) is 7.49. The van der Waals surface area contributed by atoms with Gasteiger partial charge in [-0.15, -0.1) is 0 Å². The highest BCUT2D eigenvalue weighted by Crippen LogP contribution is 2.41. The molecule has 1 aliphatic heterocycles. The summed E-state index contributed by atoms with van der Waals surface area (Å²) in [6.45, 7) is 1.79. The fourth-order valence-corrected chi connectivity index (χ4v) is 3.80. The molecule has 1 aliphatic rings. The fourth-order valence-electron chi connectivity index (χ4n) is 3.80. The second-order valence-corrected chi connectivity index (χ2v) is 7.80. The molecule has 0 aliphatic carbocycles. The molecule has 3 aromatic rings. The summed E-state index contributed by atoms with van der Waals surface area (Å²) in [6.07, 6.45) is 1.75. The van der Waals surface area contributed by atoms with Crippen LogP contribution in [0.4, 0.5) is 19.3 Å². The van der Waals surface area contributed by atoms with Gasteiger partial charge in [0, 0.05) is 34.6 Å². The Bertz CT molecular complexity index is 1100. The molecular weight excluding hydrogens is 388 g/mol. The highest BCUT2D eigenvalue weighted by molar-refractivity contribution is 6.01. The Kier molecular flexibility index (Phi) is 5.28. The van der Waals surface area contributed by atoms with E-state index in [1.807, 2.05) is 44.2 Å². The number of nitrogens with zero attached hydrogens (tertiary/aromatic N) is 1. The molecule has 0 spiro atoms. The lowest BCUT2D eigenvalue weighted by atomic mass is 9.88. The number of aromatic nitrogens is 1. The van der Waals surface area contributed by atoms with Crippen molar-refractivity contribution in [2.75, 3.05) is 18.7 Å². The maximum atomic E-state index is 13.7. The molecule has 0 bridgehead atoms. The highest BCUT2D eigenvalue weighted by Gasteiger charge is 2.42. The first kappa shape index (κ1) is 20.1. The molecule has 156 valence electrons. The lowest BCUT2D eigenvalue weighted by Gasteiger charge is -2.39. The van der Waals surface area contributed by atoms with Crippen LogP contribution in [0.1, 0.15) is 29.3 Å². The Morgan fingerprint density at radius 1 is 1.20 bits per heavy atom. The smallest absolute Gasteiger partial charge is 0.319 e. The van der Waals surface area contributed by atoms with Gasteiger partial charge in [0.25, 0.3) is 0 Å². The topological polar surface area (TPSA) is 63.2 Å². The van der Waals surface area contributed by atoms with Gasteiger partial charge in [0.1, 0.15) is 19.1 Å². The normalized spacial score (nSPS) is 17.1. The van der Waals surface area contributed by atoms with E-state index < -0.39 is 31.0 Å². The summed E-state index contributed by atoms with van der Waals surface area (Å²) in [6, 6.07) is 11.8. The molecule has 2 N–H and O–H groups in total. The SMILES string of the molecule is Cc1ccc2c(c1)OC(CF)(CF)C[C@H]2NC(=O)Nc1cccc2cnc(C)cc12. The summed E-state index contributed by atoms with van der Waals surface area (Å²) in [5.74, 6) is 0.397. The maximum absolute atomic E-state index is 13.7. The van der Waals surface area contributed by atoms with E-state index in [-0.39, 0.29) is 6.42 Å². The largest absolute Gasteiger partial charge is 0.481 e. The van der Waals surface area contributed by atoms with Gasteiger partial charge in [-0.3, -0.25) is 4.98 Å². The average molecular weight is 411 g/mol. The Labute approximate surface area is 173 Å². The molecule has 0 saturated carbocycles. The zero-order valence-electron chi connectivity index (χ0n) is 16.8. The molecule has 2 amide bonds. The zero-order valence-corrected chi connectivity index (χ0v) is 16.8. The molecule has 1 aromatic heterocycles. The van der Waals surface area contributed by atoms with Crippen LogP contribution in [0.5, 0.6) is 5.75 Å². The molecule has 5 nitrogen and oxygen atoms in total. The molecule has 30 heavy (non-hydrogen) atoms. The number of pyridine rings is 1. The summed E-state index contributed by atoms with van der Waals surface area (Å²) in [7, 11) is 0. The minimum absolute atomic E-state index is 0.00203. The van der Waals surface area contributed by atoms with Crippen LogP contribution in [-0.2, 0) is 0 Å². The Balaban J connectivity index is 1.61. The number of rotatable bonds is 4. The molecule has 4 rings (SSSR count). The first-order valence-corrected chi connectivity index (χ1v) is 9.77. The van der Waals surface area contributed by atoms with Crippen molar-refractivity contribution in [2.45, 2.75) is 31.9 Å². The van der Waals surface area contributed by atoms with Crippen molar-refractivity contribution >= 4 is 22.5 Å². The second-order valence-electron chi connectivity index (χ2n) is 7.80. The van der Waals surface area contributed by atoms with Crippen LogP contribution in [0.2, 0.25) is 0 Å². The molecule has 0 fully saturated rings. The van der Waals surface area contributed by atoms with Crippen molar-refractivity contribution in [3.8, 4) is 5.75 Å². The van der Waals surface area contributed by atoms with Gasteiger partial charge < -0.3 is 15.4 Å². The fraction of sp³-hybridized carbons (Fsp3) is 0.304. The highest BCUT2D eigenvalue weighted by atomic mass is 19.1. The third kappa shape index (κ3) is 3.79. The maximum Gasteiger partial charge on any atom is 0.319 e. The first-order chi connectivity index (χ1) is 14.4. The van der Waals surface area contributed by atoms with E-state index in [9.17, 15) is 13.6 Å². The summed E-state index contributed by atoms with van der Waals surface area (Å²) in [4.78, 5) is 17.1. The standard InChI is InChI=1S/C23H23F2N3O2/c1-14-6-7-17-20(10-23(12-24,13-25)30-21(17)8-14)28-22(29)27-19-5-3-4-16-11-26-15(2)9-18(16)19/h3-9,11,20H,10,12-13H2,1-2H3,(H2,27,28,29)/t20-/m1/s1. The van der Waals surface area contributed by atoms with E-state index in [0.29, 0.717) is 17.0 Å². The minimum atomic E-state index is -1.60. The van der Waals surface area contributed by atoms with E-state index in [1.54, 1.807) is 18.3 Å². The van der Waals surface area contributed by atoms with Gasteiger partial charge >= 0.3 is 6.03 Å².